The monoisotopic (exact) mass is 562 g/mol. The fourth-order valence-electron chi connectivity index (χ4n) is 4.61. The van der Waals surface area contributed by atoms with Gasteiger partial charge in [-0.15, -0.1) is 0 Å². The van der Waals surface area contributed by atoms with Crippen molar-refractivity contribution in [3.05, 3.63) is 0 Å². The summed E-state index contributed by atoms with van der Waals surface area (Å²) in [5.74, 6) is 0.0839. The molecule has 0 aliphatic carbocycles. The second kappa shape index (κ2) is 27.1. The molecule has 38 heavy (non-hydrogen) atoms. The van der Waals surface area contributed by atoms with Crippen LogP contribution in [-0.4, -0.2) is 69.3 Å². The number of carbonyl (C=O) groups excluding carboxylic acids is 1. The first kappa shape index (κ1) is 37.9. The first-order chi connectivity index (χ1) is 18.2. The van der Waals surface area contributed by atoms with Gasteiger partial charge in [-0.25, -0.2) is 0 Å². The number of quaternary nitrogens is 1. The molecule has 0 radical (unpaired) electrons. The second-order valence-corrected chi connectivity index (χ2v) is 13.2. The van der Waals surface area contributed by atoms with Crippen molar-refractivity contribution in [2.45, 2.75) is 136 Å². The molecule has 0 aromatic carbocycles. The third-order valence-electron chi connectivity index (χ3n) is 6.92. The quantitative estimate of drug-likeness (QED) is 0.0539. The van der Waals surface area contributed by atoms with Crippen LogP contribution in [0.1, 0.15) is 136 Å². The Morgan fingerprint density at radius 2 is 1.16 bits per heavy atom. The number of Topliss-reactive ketones (excluding diaryl/α,β-unsaturated/α-hetero) is 1. The Balaban J connectivity index is 3.60. The highest BCUT2D eigenvalue weighted by atomic mass is 31.2. The van der Waals surface area contributed by atoms with Gasteiger partial charge in [0.2, 0.25) is 0 Å². The summed E-state index contributed by atoms with van der Waals surface area (Å²) in [5, 5.41) is 0. The van der Waals surface area contributed by atoms with Crippen LogP contribution in [0.2, 0.25) is 0 Å². The van der Waals surface area contributed by atoms with Crippen molar-refractivity contribution in [1.29, 1.82) is 0 Å². The predicted octanol–water partition coefficient (Wildman–Crippen LogP) is 8.60. The Hall–Kier alpha value is -0.100. The number of nitrogens with zero attached hydrogens (tertiary/aromatic N) is 1. The van der Waals surface area contributed by atoms with Gasteiger partial charge in [0.25, 0.3) is 0 Å². The average Bonchev–Trinajstić information content (AvgIpc) is 2.85. The Bertz CT molecular complexity index is 515. The molecule has 0 aromatic rings. The molecule has 2 unspecified atom stereocenters. The van der Waals surface area contributed by atoms with E-state index in [0.29, 0.717) is 26.2 Å². The van der Waals surface area contributed by atoms with Crippen LogP contribution >= 0.6 is 8.60 Å². The predicted molar refractivity (Wildman–Crippen MR) is 162 cm³/mol. The van der Waals surface area contributed by atoms with E-state index in [1.54, 1.807) is 6.92 Å². The van der Waals surface area contributed by atoms with Gasteiger partial charge in [-0.3, -0.25) is 0 Å². The molecule has 0 aliphatic rings. The minimum atomic E-state index is -1.90. The number of rotatable bonds is 30. The molecule has 0 heterocycles. The van der Waals surface area contributed by atoms with E-state index in [1.165, 1.54) is 96.3 Å². The zero-order chi connectivity index (χ0) is 28.3. The molecule has 0 bridgehead atoms. The number of unbranched alkanes of at least 4 members (excludes halogenated alkanes) is 16. The van der Waals surface area contributed by atoms with E-state index in [9.17, 15) is 9.69 Å². The van der Waals surface area contributed by atoms with E-state index in [4.69, 9.17) is 13.8 Å². The molecule has 0 fully saturated rings. The minimum Gasteiger partial charge on any atom is -0.381 e. The molecule has 1 N–H and O–H groups in total. The van der Waals surface area contributed by atoms with Crippen molar-refractivity contribution in [1.82, 2.24) is 0 Å². The fourth-order valence-corrected chi connectivity index (χ4v) is 5.31. The Morgan fingerprint density at radius 3 is 1.63 bits per heavy atom. The Kier molecular flexibility index (Phi) is 27.0. The number of ketones is 1. The van der Waals surface area contributed by atoms with E-state index in [1.807, 2.05) is 0 Å². The zero-order valence-electron chi connectivity index (χ0n) is 26.0. The lowest BCUT2D eigenvalue weighted by molar-refractivity contribution is -0.870. The molecular weight excluding hydrogens is 497 g/mol. The first-order valence-corrected chi connectivity index (χ1v) is 17.0. The summed E-state index contributed by atoms with van der Waals surface area (Å²) in [6.07, 6.45) is 24.1. The topological polar surface area (TPSA) is 65.0 Å². The molecule has 6 nitrogen and oxygen atoms in total. The summed E-state index contributed by atoms with van der Waals surface area (Å²) in [4.78, 5) is 21.6. The van der Waals surface area contributed by atoms with Crippen molar-refractivity contribution in [2.75, 3.05) is 54.1 Å². The largest absolute Gasteiger partial charge is 0.381 e. The second-order valence-electron chi connectivity index (χ2n) is 12.2. The Labute approximate surface area is 238 Å². The lowest BCUT2D eigenvalue weighted by Gasteiger charge is -2.23. The van der Waals surface area contributed by atoms with Crippen molar-refractivity contribution >= 4 is 14.4 Å². The third-order valence-corrected chi connectivity index (χ3v) is 7.69. The van der Waals surface area contributed by atoms with Crippen molar-refractivity contribution < 1.29 is 28.0 Å². The minimum absolute atomic E-state index is 0.0347. The van der Waals surface area contributed by atoms with Crippen molar-refractivity contribution in [2.24, 2.45) is 5.92 Å². The van der Waals surface area contributed by atoms with Crippen LogP contribution in [0.15, 0.2) is 0 Å². The number of ether oxygens (including phenoxy) is 1. The molecule has 7 heteroatoms. The van der Waals surface area contributed by atoms with Crippen LogP contribution in [0, 0.1) is 5.92 Å². The first-order valence-electron chi connectivity index (χ1n) is 15.9. The molecule has 0 spiro atoms. The highest BCUT2D eigenvalue weighted by Gasteiger charge is 2.16. The molecule has 0 saturated heterocycles. The lowest BCUT2D eigenvalue weighted by Crippen LogP contribution is -2.35. The van der Waals surface area contributed by atoms with Gasteiger partial charge in [0.15, 0.2) is 0 Å². The SMILES string of the molecule is CCCCCCCCCCCCCCCCCCOCC(COP(O)OCCCC[N+](C)(C)C)CC(C)=O. The van der Waals surface area contributed by atoms with E-state index in [-0.39, 0.29) is 11.7 Å². The highest BCUT2D eigenvalue weighted by Crippen LogP contribution is 2.34. The number of hydrogen-bond acceptors (Lipinski definition) is 5. The van der Waals surface area contributed by atoms with E-state index < -0.39 is 8.60 Å². The van der Waals surface area contributed by atoms with Crippen LogP contribution < -0.4 is 0 Å². The van der Waals surface area contributed by atoms with Crippen LogP contribution in [0.5, 0.6) is 0 Å². The summed E-state index contributed by atoms with van der Waals surface area (Å²) < 4.78 is 17.7. The highest BCUT2D eigenvalue weighted by molar-refractivity contribution is 7.40. The molecule has 0 amide bonds. The Morgan fingerprint density at radius 1 is 0.684 bits per heavy atom. The van der Waals surface area contributed by atoms with Crippen molar-refractivity contribution in [3.8, 4) is 0 Å². The van der Waals surface area contributed by atoms with Gasteiger partial charge < -0.3 is 28.0 Å². The lowest BCUT2D eigenvalue weighted by atomic mass is 10.0. The molecule has 0 aliphatic heterocycles. The summed E-state index contributed by atoms with van der Waals surface area (Å²) in [6.45, 7) is 6.95. The number of hydrogen-bond donors (Lipinski definition) is 1. The van der Waals surface area contributed by atoms with E-state index in [0.717, 1.165) is 36.9 Å². The van der Waals surface area contributed by atoms with Crippen LogP contribution in [0.4, 0.5) is 0 Å². The normalized spacial score (nSPS) is 13.6. The van der Waals surface area contributed by atoms with E-state index >= 15 is 0 Å². The van der Waals surface area contributed by atoms with Crippen LogP contribution in [0.3, 0.4) is 0 Å². The van der Waals surface area contributed by atoms with Gasteiger partial charge in [-0.1, -0.05) is 103 Å². The molecular formula is C31H65NO5P+. The maximum Gasteiger partial charge on any atom is 0.329 e. The van der Waals surface area contributed by atoms with Gasteiger partial charge >= 0.3 is 8.60 Å². The summed E-state index contributed by atoms with van der Waals surface area (Å²) in [6, 6.07) is 0. The smallest absolute Gasteiger partial charge is 0.329 e. The van der Waals surface area contributed by atoms with Gasteiger partial charge in [0, 0.05) is 18.9 Å². The average molecular weight is 563 g/mol. The molecule has 2 atom stereocenters. The van der Waals surface area contributed by atoms with Gasteiger partial charge in [-0.2, -0.15) is 0 Å². The molecule has 0 rings (SSSR count). The number of carbonyl (C=O) groups is 1. The van der Waals surface area contributed by atoms with Crippen LogP contribution in [-0.2, 0) is 18.6 Å². The molecule has 0 aromatic heterocycles. The maximum absolute atomic E-state index is 11.6. The van der Waals surface area contributed by atoms with Gasteiger partial charge in [0.05, 0.1) is 47.5 Å². The molecule has 228 valence electrons. The summed E-state index contributed by atoms with van der Waals surface area (Å²) in [5.41, 5.74) is 0. The summed E-state index contributed by atoms with van der Waals surface area (Å²) >= 11 is 0. The van der Waals surface area contributed by atoms with E-state index in [2.05, 4.69) is 28.1 Å². The standard InChI is InChI=1S/C31H65NO5P/c1-6-7-8-9-10-11-12-13-14-15-16-17-18-19-20-22-25-35-28-31(27-30(2)33)29-37-38(34)36-26-23-21-24-32(3,4)5/h31,34H,6-29H2,1-5H3/q+1. The third kappa shape index (κ3) is 30.4. The fraction of sp³-hybridized carbons (Fsp3) is 0.968. The van der Waals surface area contributed by atoms with Crippen LogP contribution in [0.25, 0.3) is 0 Å². The van der Waals surface area contributed by atoms with Gasteiger partial charge in [0.1, 0.15) is 5.78 Å². The van der Waals surface area contributed by atoms with Gasteiger partial charge in [-0.05, 0) is 26.2 Å². The summed E-state index contributed by atoms with van der Waals surface area (Å²) in [7, 11) is 4.61. The maximum atomic E-state index is 11.6. The molecule has 0 saturated carbocycles. The van der Waals surface area contributed by atoms with Crippen molar-refractivity contribution in [3.63, 3.8) is 0 Å². The zero-order valence-corrected chi connectivity index (χ0v) is 26.9.